The van der Waals surface area contributed by atoms with E-state index < -0.39 is 18.0 Å². The van der Waals surface area contributed by atoms with Crippen LogP contribution in [0.1, 0.15) is 22.8 Å². The molecule has 1 aliphatic rings. The van der Waals surface area contributed by atoms with Crippen LogP contribution in [0.5, 0.6) is 5.75 Å². The van der Waals surface area contributed by atoms with E-state index in [1.807, 2.05) is 0 Å². The maximum Gasteiger partial charge on any atom is 0.326 e. The number of rotatable bonds is 6. The highest BCUT2D eigenvalue weighted by atomic mass is 16.5. The maximum absolute atomic E-state index is 12.4. The first-order chi connectivity index (χ1) is 13.4. The number of nitrogens with zero attached hydrogens (tertiary/aromatic N) is 1. The molecule has 3 rings (SSSR count). The molecule has 2 aromatic rings. The second-order valence-corrected chi connectivity index (χ2v) is 6.23. The van der Waals surface area contributed by atoms with Crippen LogP contribution in [0.2, 0.25) is 0 Å². The summed E-state index contributed by atoms with van der Waals surface area (Å²) < 4.78 is 10.2. The number of carbonyl (C=O) groups is 3. The third-order valence-corrected chi connectivity index (χ3v) is 4.36. The van der Waals surface area contributed by atoms with E-state index >= 15 is 0 Å². The van der Waals surface area contributed by atoms with Gasteiger partial charge < -0.3 is 14.8 Å². The highest BCUT2D eigenvalue weighted by Crippen LogP contribution is 2.30. The molecular weight excluding hydrogens is 360 g/mol. The lowest BCUT2D eigenvalue weighted by Crippen LogP contribution is -2.35. The molecule has 0 bridgehead atoms. The van der Waals surface area contributed by atoms with Crippen molar-refractivity contribution in [2.75, 3.05) is 19.0 Å². The Balaban J connectivity index is 1.56. The molecule has 2 aromatic carbocycles. The average molecular weight is 380 g/mol. The minimum Gasteiger partial charge on any atom is -0.497 e. The predicted molar refractivity (Wildman–Crippen MR) is 104 cm³/mol. The molecule has 1 N–H and O–H groups in total. The first-order valence-corrected chi connectivity index (χ1v) is 8.65. The van der Waals surface area contributed by atoms with Gasteiger partial charge in [0.05, 0.1) is 7.11 Å². The van der Waals surface area contributed by atoms with Gasteiger partial charge in [-0.05, 0) is 37.3 Å². The topological polar surface area (TPSA) is 84.9 Å². The Kier molecular flexibility index (Phi) is 5.44. The number of hydrogen-bond donors (Lipinski definition) is 1. The van der Waals surface area contributed by atoms with E-state index in [1.165, 1.54) is 11.8 Å². The summed E-state index contributed by atoms with van der Waals surface area (Å²) in [6.07, 6.45) is -1.03. The van der Waals surface area contributed by atoms with Gasteiger partial charge >= 0.3 is 5.97 Å². The molecule has 2 amide bonds. The van der Waals surface area contributed by atoms with E-state index in [9.17, 15) is 14.4 Å². The van der Waals surface area contributed by atoms with Crippen molar-refractivity contribution in [3.63, 3.8) is 0 Å². The van der Waals surface area contributed by atoms with Crippen LogP contribution in [-0.2, 0) is 14.3 Å². The van der Waals surface area contributed by atoms with E-state index in [0.29, 0.717) is 28.3 Å². The molecule has 144 valence electrons. The van der Waals surface area contributed by atoms with Crippen LogP contribution >= 0.6 is 0 Å². The Morgan fingerprint density at radius 3 is 2.36 bits per heavy atom. The number of carbonyl (C=O) groups excluding carboxylic acids is 3. The fraction of sp³-hybridized carbons (Fsp3) is 0.190. The molecule has 1 heterocycles. The zero-order chi connectivity index (χ0) is 20.3. The van der Waals surface area contributed by atoms with Crippen LogP contribution in [-0.4, -0.2) is 42.4 Å². The summed E-state index contributed by atoms with van der Waals surface area (Å²) in [7, 11) is 1.55. The van der Waals surface area contributed by atoms with Gasteiger partial charge in [0.15, 0.2) is 6.10 Å². The van der Waals surface area contributed by atoms with E-state index in [2.05, 4.69) is 11.9 Å². The smallest absolute Gasteiger partial charge is 0.326 e. The Morgan fingerprint density at radius 2 is 1.75 bits per heavy atom. The van der Waals surface area contributed by atoms with Gasteiger partial charge in [-0.25, -0.2) is 0 Å². The molecular formula is C21H20N2O5. The number of amides is 2. The van der Waals surface area contributed by atoms with Crippen molar-refractivity contribution in [1.82, 2.24) is 4.90 Å². The van der Waals surface area contributed by atoms with Crippen molar-refractivity contribution < 1.29 is 23.9 Å². The van der Waals surface area contributed by atoms with Crippen LogP contribution in [0.3, 0.4) is 0 Å². The van der Waals surface area contributed by atoms with Gasteiger partial charge in [-0.1, -0.05) is 24.8 Å². The molecule has 7 heteroatoms. The van der Waals surface area contributed by atoms with Crippen molar-refractivity contribution in [1.29, 1.82) is 0 Å². The highest BCUT2D eigenvalue weighted by Gasteiger charge is 2.33. The summed E-state index contributed by atoms with van der Waals surface area (Å²) in [4.78, 5) is 38.1. The van der Waals surface area contributed by atoms with Gasteiger partial charge in [0.1, 0.15) is 12.3 Å². The van der Waals surface area contributed by atoms with Gasteiger partial charge in [0.25, 0.3) is 11.8 Å². The van der Waals surface area contributed by atoms with Crippen LogP contribution in [0.4, 0.5) is 5.69 Å². The number of ether oxygens (including phenoxy) is 2. The summed E-state index contributed by atoms with van der Waals surface area (Å²) in [5.74, 6) is -0.824. The second-order valence-electron chi connectivity index (χ2n) is 6.23. The maximum atomic E-state index is 12.4. The molecule has 1 atom stereocenters. The Morgan fingerprint density at radius 1 is 1.11 bits per heavy atom. The molecule has 0 aromatic heterocycles. The van der Waals surface area contributed by atoms with Crippen molar-refractivity contribution in [3.05, 3.63) is 66.2 Å². The lowest BCUT2D eigenvalue weighted by Gasteiger charge is -2.18. The van der Waals surface area contributed by atoms with Crippen LogP contribution in [0.15, 0.2) is 55.1 Å². The summed E-state index contributed by atoms with van der Waals surface area (Å²) in [6.45, 7) is 5.02. The molecule has 7 nitrogen and oxygen atoms in total. The van der Waals surface area contributed by atoms with Crippen molar-refractivity contribution in [2.45, 2.75) is 13.0 Å². The molecule has 1 unspecified atom stereocenters. The van der Waals surface area contributed by atoms with Crippen LogP contribution in [0, 0.1) is 0 Å². The van der Waals surface area contributed by atoms with Gasteiger partial charge in [-0.3, -0.25) is 19.3 Å². The standard InChI is InChI=1S/C21H20N2O5/c1-13-17-6-4-5-7-18(17)21(26)23(13)12-19(24)28-14(2)20(25)22-15-8-10-16(27-3)11-9-15/h4-11,14H,1,12H2,2-3H3,(H,22,25). The van der Waals surface area contributed by atoms with Crippen molar-refractivity contribution in [2.24, 2.45) is 0 Å². The third-order valence-electron chi connectivity index (χ3n) is 4.36. The van der Waals surface area contributed by atoms with Gasteiger partial charge in [-0.15, -0.1) is 0 Å². The monoisotopic (exact) mass is 380 g/mol. The Bertz CT molecular complexity index is 901. The zero-order valence-corrected chi connectivity index (χ0v) is 15.6. The highest BCUT2D eigenvalue weighted by molar-refractivity contribution is 6.10. The lowest BCUT2D eigenvalue weighted by atomic mass is 10.1. The largest absolute Gasteiger partial charge is 0.497 e. The molecule has 0 spiro atoms. The van der Waals surface area contributed by atoms with Gasteiger partial charge in [0.2, 0.25) is 0 Å². The fourth-order valence-corrected chi connectivity index (χ4v) is 2.84. The predicted octanol–water partition coefficient (Wildman–Crippen LogP) is 2.69. The first kappa shape index (κ1) is 19.2. The Hall–Kier alpha value is -3.61. The number of methoxy groups -OCH3 is 1. The molecule has 0 radical (unpaired) electrons. The molecule has 28 heavy (non-hydrogen) atoms. The number of hydrogen-bond acceptors (Lipinski definition) is 5. The zero-order valence-electron chi connectivity index (χ0n) is 15.6. The molecule has 0 aliphatic carbocycles. The second kappa shape index (κ2) is 7.96. The summed E-state index contributed by atoms with van der Waals surface area (Å²) in [6, 6.07) is 13.8. The normalized spacial score (nSPS) is 13.7. The van der Waals surface area contributed by atoms with E-state index in [1.54, 1.807) is 55.6 Å². The number of esters is 1. The fourth-order valence-electron chi connectivity index (χ4n) is 2.84. The van der Waals surface area contributed by atoms with E-state index in [-0.39, 0.29) is 12.5 Å². The number of benzene rings is 2. The molecule has 1 aliphatic heterocycles. The molecule has 0 saturated carbocycles. The third kappa shape index (κ3) is 3.88. The summed E-state index contributed by atoms with van der Waals surface area (Å²) in [5, 5.41) is 2.65. The molecule has 0 fully saturated rings. The minimum absolute atomic E-state index is 0.312. The quantitative estimate of drug-likeness (QED) is 0.779. The van der Waals surface area contributed by atoms with E-state index in [0.717, 1.165) is 0 Å². The average Bonchev–Trinajstić information content (AvgIpc) is 2.93. The van der Waals surface area contributed by atoms with Crippen molar-refractivity contribution in [3.8, 4) is 5.75 Å². The number of fused-ring (bicyclic) bond motifs is 1. The first-order valence-electron chi connectivity index (χ1n) is 8.65. The lowest BCUT2D eigenvalue weighted by molar-refractivity contribution is -0.153. The van der Waals surface area contributed by atoms with E-state index in [4.69, 9.17) is 9.47 Å². The van der Waals surface area contributed by atoms with Crippen LogP contribution < -0.4 is 10.1 Å². The van der Waals surface area contributed by atoms with Gasteiger partial charge in [0, 0.05) is 22.5 Å². The van der Waals surface area contributed by atoms with Gasteiger partial charge in [-0.2, -0.15) is 0 Å². The number of anilines is 1. The van der Waals surface area contributed by atoms with Crippen LogP contribution in [0.25, 0.3) is 5.70 Å². The summed E-state index contributed by atoms with van der Waals surface area (Å²) >= 11 is 0. The minimum atomic E-state index is -1.03. The molecule has 0 saturated heterocycles. The van der Waals surface area contributed by atoms with Crippen molar-refractivity contribution >= 4 is 29.2 Å². The Labute approximate surface area is 162 Å². The SMILES string of the molecule is C=C1c2ccccc2C(=O)N1CC(=O)OC(C)C(=O)Nc1ccc(OC)cc1. The number of nitrogens with one attached hydrogen (secondary N) is 1. The summed E-state index contributed by atoms with van der Waals surface area (Å²) in [5.41, 5.74) is 2.16.